The van der Waals surface area contributed by atoms with E-state index in [-0.39, 0.29) is 0 Å². The quantitative estimate of drug-likeness (QED) is 0.839. The number of ether oxygens (including phenoxy) is 1. The first kappa shape index (κ1) is 12.9. The van der Waals surface area contributed by atoms with Gasteiger partial charge < -0.3 is 9.84 Å². The second kappa shape index (κ2) is 4.98. The van der Waals surface area contributed by atoms with Crippen molar-refractivity contribution in [2.45, 2.75) is 38.8 Å². The highest BCUT2D eigenvalue weighted by Gasteiger charge is 2.32. The van der Waals surface area contributed by atoms with Crippen LogP contribution in [0.5, 0.6) is 5.75 Å². The molecule has 18 heavy (non-hydrogen) atoms. The molecular formula is C14H19NO3. The molecule has 1 atom stereocenters. The fourth-order valence-corrected chi connectivity index (χ4v) is 2.24. The largest absolute Gasteiger partial charge is 0.496 e. The maximum absolute atomic E-state index is 11.5. The predicted octanol–water partition coefficient (Wildman–Crippen LogP) is 2.19. The molecule has 1 aliphatic rings. The van der Waals surface area contributed by atoms with E-state index in [0.717, 1.165) is 29.5 Å². The standard InChI is InChI=1S/C14H19NO3/c1-8-6-9(2)12(11(7-8)18-3)13(14(16)17)15-10-4-5-10/h6-7,10,13,15H,4-5H2,1-3H3,(H,16,17). The van der Waals surface area contributed by atoms with Gasteiger partial charge in [0.2, 0.25) is 0 Å². The number of nitrogens with one attached hydrogen (secondary N) is 1. The number of aryl methyl sites for hydroxylation is 2. The van der Waals surface area contributed by atoms with Crippen molar-refractivity contribution in [3.05, 3.63) is 28.8 Å². The van der Waals surface area contributed by atoms with Crippen molar-refractivity contribution >= 4 is 5.97 Å². The zero-order valence-corrected chi connectivity index (χ0v) is 11.0. The Morgan fingerprint density at radius 2 is 2.11 bits per heavy atom. The number of hydrogen-bond acceptors (Lipinski definition) is 3. The monoisotopic (exact) mass is 249 g/mol. The first-order chi connectivity index (χ1) is 8.52. The Kier molecular flexibility index (Phi) is 3.57. The highest BCUT2D eigenvalue weighted by Crippen LogP contribution is 2.33. The molecular weight excluding hydrogens is 230 g/mol. The molecule has 2 rings (SSSR count). The molecule has 2 N–H and O–H groups in total. The minimum absolute atomic E-state index is 0.330. The second-order valence-electron chi connectivity index (χ2n) is 4.91. The van der Waals surface area contributed by atoms with Crippen molar-refractivity contribution in [1.82, 2.24) is 5.32 Å². The third-order valence-electron chi connectivity index (χ3n) is 3.23. The smallest absolute Gasteiger partial charge is 0.325 e. The SMILES string of the molecule is COc1cc(C)cc(C)c1C(NC1CC1)C(=O)O. The lowest BCUT2D eigenvalue weighted by Gasteiger charge is -2.20. The molecule has 1 aromatic rings. The number of benzene rings is 1. The molecule has 98 valence electrons. The zero-order valence-electron chi connectivity index (χ0n) is 11.0. The normalized spacial score (nSPS) is 16.4. The molecule has 1 saturated carbocycles. The van der Waals surface area contributed by atoms with E-state index in [1.165, 1.54) is 0 Å². The Bertz CT molecular complexity index is 466. The van der Waals surface area contributed by atoms with Gasteiger partial charge in [0.25, 0.3) is 0 Å². The van der Waals surface area contributed by atoms with Crippen LogP contribution in [0.4, 0.5) is 0 Å². The topological polar surface area (TPSA) is 58.6 Å². The second-order valence-corrected chi connectivity index (χ2v) is 4.91. The Labute approximate surface area is 107 Å². The van der Waals surface area contributed by atoms with Crippen LogP contribution in [-0.2, 0) is 4.79 Å². The van der Waals surface area contributed by atoms with Gasteiger partial charge in [-0.2, -0.15) is 0 Å². The Morgan fingerprint density at radius 3 is 2.61 bits per heavy atom. The molecule has 0 radical (unpaired) electrons. The summed E-state index contributed by atoms with van der Waals surface area (Å²) in [6, 6.07) is 3.51. The van der Waals surface area contributed by atoms with Gasteiger partial charge in [-0.1, -0.05) is 6.07 Å². The average Bonchev–Trinajstić information content (AvgIpc) is 3.09. The van der Waals surface area contributed by atoms with Crippen molar-refractivity contribution in [3.63, 3.8) is 0 Å². The van der Waals surface area contributed by atoms with Gasteiger partial charge in [0, 0.05) is 11.6 Å². The average molecular weight is 249 g/mol. The number of carbonyl (C=O) groups is 1. The van der Waals surface area contributed by atoms with E-state index in [2.05, 4.69) is 5.32 Å². The van der Waals surface area contributed by atoms with Crippen LogP contribution in [0, 0.1) is 13.8 Å². The van der Waals surface area contributed by atoms with E-state index in [4.69, 9.17) is 4.74 Å². The summed E-state index contributed by atoms with van der Waals surface area (Å²) in [5.41, 5.74) is 2.76. The molecule has 0 amide bonds. The minimum atomic E-state index is -0.854. The van der Waals surface area contributed by atoms with E-state index < -0.39 is 12.0 Å². The number of rotatable bonds is 5. The molecule has 1 aliphatic carbocycles. The van der Waals surface area contributed by atoms with Crippen molar-refractivity contribution in [2.24, 2.45) is 0 Å². The summed E-state index contributed by atoms with van der Waals surface area (Å²) in [7, 11) is 1.58. The first-order valence-electron chi connectivity index (χ1n) is 6.17. The van der Waals surface area contributed by atoms with Crippen LogP contribution in [0.1, 0.15) is 35.6 Å². The van der Waals surface area contributed by atoms with E-state index in [1.807, 2.05) is 26.0 Å². The van der Waals surface area contributed by atoms with Crippen molar-refractivity contribution in [3.8, 4) is 5.75 Å². The number of carboxylic acids is 1. The molecule has 0 heterocycles. The molecule has 0 saturated heterocycles. The highest BCUT2D eigenvalue weighted by molar-refractivity contribution is 5.77. The number of methoxy groups -OCH3 is 1. The van der Waals surface area contributed by atoms with Gasteiger partial charge >= 0.3 is 5.97 Å². The van der Waals surface area contributed by atoms with Crippen LogP contribution in [0.25, 0.3) is 0 Å². The number of hydrogen-bond donors (Lipinski definition) is 2. The molecule has 4 nitrogen and oxygen atoms in total. The van der Waals surface area contributed by atoms with E-state index in [9.17, 15) is 9.90 Å². The predicted molar refractivity (Wildman–Crippen MR) is 69.0 cm³/mol. The molecule has 1 unspecified atom stereocenters. The first-order valence-corrected chi connectivity index (χ1v) is 6.17. The summed E-state index contributed by atoms with van der Waals surface area (Å²) in [6.07, 6.45) is 2.11. The van der Waals surface area contributed by atoms with Crippen molar-refractivity contribution < 1.29 is 14.6 Å². The third-order valence-corrected chi connectivity index (χ3v) is 3.23. The lowest BCUT2D eigenvalue weighted by molar-refractivity contribution is -0.139. The summed E-state index contributed by atoms with van der Waals surface area (Å²) >= 11 is 0. The minimum Gasteiger partial charge on any atom is -0.496 e. The van der Waals surface area contributed by atoms with Crippen LogP contribution in [0.2, 0.25) is 0 Å². The van der Waals surface area contributed by atoms with Gasteiger partial charge in [-0.15, -0.1) is 0 Å². The number of aliphatic carboxylic acids is 1. The summed E-state index contributed by atoms with van der Waals surface area (Å²) in [5.74, 6) is -0.208. The highest BCUT2D eigenvalue weighted by atomic mass is 16.5. The Hall–Kier alpha value is -1.55. The molecule has 1 fully saturated rings. The fraction of sp³-hybridized carbons (Fsp3) is 0.500. The van der Waals surface area contributed by atoms with Gasteiger partial charge in [0.15, 0.2) is 0 Å². The van der Waals surface area contributed by atoms with Crippen molar-refractivity contribution in [2.75, 3.05) is 7.11 Å². The summed E-state index contributed by atoms with van der Waals surface area (Å²) in [5, 5.41) is 12.6. The van der Waals surface area contributed by atoms with E-state index >= 15 is 0 Å². The van der Waals surface area contributed by atoms with Gasteiger partial charge in [0.05, 0.1) is 7.11 Å². The summed E-state index contributed by atoms with van der Waals surface area (Å²) in [6.45, 7) is 3.90. The lowest BCUT2D eigenvalue weighted by Crippen LogP contribution is -2.31. The molecule has 0 bridgehead atoms. The lowest BCUT2D eigenvalue weighted by atomic mass is 9.97. The number of carboxylic acid groups (broad SMARTS) is 1. The zero-order chi connectivity index (χ0) is 13.3. The van der Waals surface area contributed by atoms with E-state index in [1.54, 1.807) is 7.11 Å². The molecule has 1 aromatic carbocycles. The molecule has 4 heteroatoms. The van der Waals surface area contributed by atoms with Crippen LogP contribution in [0.15, 0.2) is 12.1 Å². The Balaban J connectivity index is 2.41. The van der Waals surface area contributed by atoms with Crippen molar-refractivity contribution in [1.29, 1.82) is 0 Å². The van der Waals surface area contributed by atoms with Gasteiger partial charge in [-0.05, 0) is 43.9 Å². The third kappa shape index (κ3) is 2.64. The van der Waals surface area contributed by atoms with Crippen LogP contribution < -0.4 is 10.1 Å². The van der Waals surface area contributed by atoms with Crippen LogP contribution in [0.3, 0.4) is 0 Å². The molecule has 0 aromatic heterocycles. The summed E-state index contributed by atoms with van der Waals surface area (Å²) in [4.78, 5) is 11.5. The maximum atomic E-state index is 11.5. The van der Waals surface area contributed by atoms with E-state index in [0.29, 0.717) is 11.8 Å². The van der Waals surface area contributed by atoms with Crippen LogP contribution in [-0.4, -0.2) is 24.2 Å². The van der Waals surface area contributed by atoms with Gasteiger partial charge in [-0.25, -0.2) is 0 Å². The molecule has 0 spiro atoms. The summed E-state index contributed by atoms with van der Waals surface area (Å²) < 4.78 is 5.34. The maximum Gasteiger partial charge on any atom is 0.325 e. The Morgan fingerprint density at radius 1 is 1.44 bits per heavy atom. The van der Waals surface area contributed by atoms with Gasteiger partial charge in [0.1, 0.15) is 11.8 Å². The fourth-order valence-electron chi connectivity index (χ4n) is 2.24. The van der Waals surface area contributed by atoms with Gasteiger partial charge in [-0.3, -0.25) is 10.1 Å². The molecule has 0 aliphatic heterocycles. The van der Waals surface area contributed by atoms with Crippen LogP contribution >= 0.6 is 0 Å².